The Morgan fingerprint density at radius 2 is 2.22 bits per heavy atom. The number of nitrogens with one attached hydrogen (secondary N) is 1. The molecule has 0 aromatic heterocycles. The van der Waals surface area contributed by atoms with Crippen molar-refractivity contribution in [2.24, 2.45) is 5.92 Å². The molecule has 2 aliphatic rings. The lowest BCUT2D eigenvalue weighted by molar-refractivity contribution is 0.356. The Kier molecular flexibility index (Phi) is 3.29. The van der Waals surface area contributed by atoms with Crippen LogP contribution in [0.1, 0.15) is 50.3 Å². The standard InChI is InChI=1S/C16H23NO/c1-3-15(17-11(2)12-4-5-12)13-6-7-16-14(10-13)8-9-18-16/h6-7,10-12,15,17H,3-5,8-9H2,1-2H3. The lowest BCUT2D eigenvalue weighted by Gasteiger charge is -2.23. The minimum absolute atomic E-state index is 0.492. The number of hydrogen-bond donors (Lipinski definition) is 1. The fourth-order valence-electron chi connectivity index (χ4n) is 2.92. The Labute approximate surface area is 110 Å². The van der Waals surface area contributed by atoms with E-state index in [1.54, 1.807) is 0 Å². The van der Waals surface area contributed by atoms with Crippen LogP contribution >= 0.6 is 0 Å². The van der Waals surface area contributed by atoms with Crippen LogP contribution in [0.25, 0.3) is 0 Å². The summed E-state index contributed by atoms with van der Waals surface area (Å²) in [6.45, 7) is 5.44. The van der Waals surface area contributed by atoms with Crippen LogP contribution in [-0.4, -0.2) is 12.6 Å². The first-order valence-electron chi connectivity index (χ1n) is 7.29. The van der Waals surface area contributed by atoms with Gasteiger partial charge in [0.25, 0.3) is 0 Å². The first-order chi connectivity index (χ1) is 8.78. The maximum Gasteiger partial charge on any atom is 0.122 e. The minimum atomic E-state index is 0.492. The molecule has 1 heterocycles. The van der Waals surface area contributed by atoms with E-state index < -0.39 is 0 Å². The van der Waals surface area contributed by atoms with Crippen molar-refractivity contribution in [2.75, 3.05) is 6.61 Å². The molecule has 1 aliphatic heterocycles. The van der Waals surface area contributed by atoms with Gasteiger partial charge in [0, 0.05) is 18.5 Å². The second-order valence-corrected chi connectivity index (χ2v) is 5.72. The van der Waals surface area contributed by atoms with Gasteiger partial charge in [0.05, 0.1) is 6.61 Å². The molecule has 1 aliphatic carbocycles. The smallest absolute Gasteiger partial charge is 0.122 e. The van der Waals surface area contributed by atoms with Crippen LogP contribution in [0, 0.1) is 5.92 Å². The molecule has 18 heavy (non-hydrogen) atoms. The van der Waals surface area contributed by atoms with Gasteiger partial charge in [-0.15, -0.1) is 0 Å². The maximum absolute atomic E-state index is 5.58. The lowest BCUT2D eigenvalue weighted by Crippen LogP contribution is -2.31. The molecule has 1 fully saturated rings. The Hall–Kier alpha value is -1.02. The van der Waals surface area contributed by atoms with E-state index in [-0.39, 0.29) is 0 Å². The third kappa shape index (κ3) is 2.39. The molecule has 1 N–H and O–H groups in total. The van der Waals surface area contributed by atoms with Gasteiger partial charge in [-0.25, -0.2) is 0 Å². The molecule has 0 radical (unpaired) electrons. The van der Waals surface area contributed by atoms with Gasteiger partial charge >= 0.3 is 0 Å². The number of benzene rings is 1. The average molecular weight is 245 g/mol. The average Bonchev–Trinajstić information content (AvgIpc) is 3.14. The van der Waals surface area contributed by atoms with E-state index in [1.165, 1.54) is 24.0 Å². The van der Waals surface area contributed by atoms with E-state index in [0.717, 1.165) is 31.1 Å². The van der Waals surface area contributed by atoms with Crippen LogP contribution < -0.4 is 10.1 Å². The molecular weight excluding hydrogens is 222 g/mol. The van der Waals surface area contributed by atoms with Crippen molar-refractivity contribution in [2.45, 2.75) is 51.6 Å². The second-order valence-electron chi connectivity index (χ2n) is 5.72. The van der Waals surface area contributed by atoms with E-state index in [2.05, 4.69) is 37.4 Å². The van der Waals surface area contributed by atoms with Gasteiger partial charge in [0.15, 0.2) is 0 Å². The summed E-state index contributed by atoms with van der Waals surface area (Å²) in [5, 5.41) is 3.80. The molecule has 1 aromatic carbocycles. The van der Waals surface area contributed by atoms with Crippen molar-refractivity contribution < 1.29 is 4.74 Å². The molecule has 0 amide bonds. The van der Waals surface area contributed by atoms with Gasteiger partial charge in [0.1, 0.15) is 5.75 Å². The summed E-state index contributed by atoms with van der Waals surface area (Å²) in [5.41, 5.74) is 2.81. The zero-order valence-corrected chi connectivity index (χ0v) is 11.4. The second kappa shape index (κ2) is 4.93. The van der Waals surface area contributed by atoms with E-state index in [0.29, 0.717) is 12.1 Å². The highest BCUT2D eigenvalue weighted by molar-refractivity contribution is 5.40. The van der Waals surface area contributed by atoms with Gasteiger partial charge < -0.3 is 10.1 Å². The Balaban J connectivity index is 1.74. The van der Waals surface area contributed by atoms with Gasteiger partial charge in [0.2, 0.25) is 0 Å². The Morgan fingerprint density at radius 1 is 1.39 bits per heavy atom. The molecule has 2 heteroatoms. The highest BCUT2D eigenvalue weighted by atomic mass is 16.5. The van der Waals surface area contributed by atoms with Gasteiger partial charge in [-0.2, -0.15) is 0 Å². The van der Waals surface area contributed by atoms with Crippen molar-refractivity contribution in [3.8, 4) is 5.75 Å². The summed E-state index contributed by atoms with van der Waals surface area (Å²) >= 11 is 0. The van der Waals surface area contributed by atoms with E-state index >= 15 is 0 Å². The van der Waals surface area contributed by atoms with Crippen molar-refractivity contribution in [1.82, 2.24) is 5.32 Å². The highest BCUT2D eigenvalue weighted by Crippen LogP contribution is 2.34. The SMILES string of the molecule is CCC(NC(C)C1CC1)c1ccc2c(c1)CCO2. The third-order valence-corrected chi connectivity index (χ3v) is 4.32. The first kappa shape index (κ1) is 12.0. The fraction of sp³-hybridized carbons (Fsp3) is 0.625. The summed E-state index contributed by atoms with van der Waals surface area (Å²) in [6.07, 6.45) is 5.03. The summed E-state index contributed by atoms with van der Waals surface area (Å²) < 4.78 is 5.58. The van der Waals surface area contributed by atoms with Crippen molar-refractivity contribution in [3.63, 3.8) is 0 Å². The van der Waals surface area contributed by atoms with Crippen LogP contribution in [0.3, 0.4) is 0 Å². The molecule has 2 atom stereocenters. The molecule has 0 bridgehead atoms. The van der Waals surface area contributed by atoms with Crippen molar-refractivity contribution in [1.29, 1.82) is 0 Å². The highest BCUT2D eigenvalue weighted by Gasteiger charge is 2.29. The molecule has 0 saturated heterocycles. The van der Waals surface area contributed by atoms with Crippen LogP contribution in [0.2, 0.25) is 0 Å². The Morgan fingerprint density at radius 3 is 2.94 bits per heavy atom. The number of hydrogen-bond acceptors (Lipinski definition) is 2. The molecule has 3 rings (SSSR count). The fourth-order valence-corrected chi connectivity index (χ4v) is 2.92. The third-order valence-electron chi connectivity index (χ3n) is 4.32. The van der Waals surface area contributed by atoms with Crippen LogP contribution in [0.5, 0.6) is 5.75 Å². The summed E-state index contributed by atoms with van der Waals surface area (Å²) in [6, 6.07) is 7.85. The predicted molar refractivity (Wildman–Crippen MR) is 74.0 cm³/mol. The zero-order valence-electron chi connectivity index (χ0n) is 11.4. The molecule has 2 unspecified atom stereocenters. The van der Waals surface area contributed by atoms with E-state index in [4.69, 9.17) is 4.74 Å². The minimum Gasteiger partial charge on any atom is -0.493 e. The molecule has 1 saturated carbocycles. The van der Waals surface area contributed by atoms with Crippen molar-refractivity contribution in [3.05, 3.63) is 29.3 Å². The van der Waals surface area contributed by atoms with Crippen molar-refractivity contribution >= 4 is 0 Å². The summed E-state index contributed by atoms with van der Waals surface area (Å²) in [5.74, 6) is 2.00. The number of fused-ring (bicyclic) bond motifs is 1. The molecule has 2 nitrogen and oxygen atoms in total. The van der Waals surface area contributed by atoms with Gasteiger partial charge in [-0.05, 0) is 49.3 Å². The van der Waals surface area contributed by atoms with Crippen LogP contribution in [0.15, 0.2) is 18.2 Å². The van der Waals surface area contributed by atoms with Gasteiger partial charge in [-0.3, -0.25) is 0 Å². The summed E-state index contributed by atoms with van der Waals surface area (Å²) in [7, 11) is 0. The van der Waals surface area contributed by atoms with Crippen LogP contribution in [-0.2, 0) is 6.42 Å². The topological polar surface area (TPSA) is 21.3 Å². The predicted octanol–water partition coefficient (Wildman–Crippen LogP) is 3.46. The normalized spacial score (nSPS) is 21.2. The molecule has 0 spiro atoms. The van der Waals surface area contributed by atoms with Crippen LogP contribution in [0.4, 0.5) is 0 Å². The number of ether oxygens (including phenoxy) is 1. The van der Waals surface area contributed by atoms with E-state index in [1.807, 2.05) is 0 Å². The lowest BCUT2D eigenvalue weighted by atomic mass is 9.99. The zero-order chi connectivity index (χ0) is 12.5. The first-order valence-corrected chi connectivity index (χ1v) is 7.29. The summed E-state index contributed by atoms with van der Waals surface area (Å²) in [4.78, 5) is 0. The Bertz CT molecular complexity index is 425. The largest absolute Gasteiger partial charge is 0.493 e. The molecular formula is C16H23NO. The molecule has 98 valence electrons. The quantitative estimate of drug-likeness (QED) is 0.857. The van der Waals surface area contributed by atoms with Gasteiger partial charge in [-0.1, -0.05) is 19.1 Å². The molecule has 1 aromatic rings. The maximum atomic E-state index is 5.58. The number of rotatable bonds is 5. The monoisotopic (exact) mass is 245 g/mol. The van der Waals surface area contributed by atoms with E-state index in [9.17, 15) is 0 Å².